The Bertz CT molecular complexity index is 1910. The molecule has 0 saturated heterocycles. The van der Waals surface area contributed by atoms with Gasteiger partial charge >= 0.3 is 83.5 Å². The van der Waals surface area contributed by atoms with Gasteiger partial charge in [-0.15, -0.1) is 20.4 Å². The third kappa shape index (κ3) is 12.5. The molecule has 0 spiro atoms. The van der Waals surface area contributed by atoms with Gasteiger partial charge in [0.05, 0.1) is 17.9 Å². The number of halogens is 26. The molecule has 10 nitrogen and oxygen atoms in total. The van der Waals surface area contributed by atoms with Crippen LogP contribution in [0.2, 0.25) is 0 Å². The van der Waals surface area contributed by atoms with Gasteiger partial charge in [0, 0.05) is 11.5 Å². The summed E-state index contributed by atoms with van der Waals surface area (Å²) in [5, 5.41) is 33.4. The van der Waals surface area contributed by atoms with Crippen LogP contribution in [-0.4, -0.2) is 156 Å². The molecular formula is C27H18F26N4O6S6. The van der Waals surface area contributed by atoms with E-state index in [0.717, 1.165) is 46.2 Å². The molecule has 42 heteroatoms. The molecule has 0 saturated carbocycles. The van der Waals surface area contributed by atoms with E-state index in [4.69, 9.17) is 0 Å². The van der Waals surface area contributed by atoms with Gasteiger partial charge in [0.15, 0.2) is 29.6 Å². The lowest BCUT2D eigenvalue weighted by Crippen LogP contribution is -2.71. The molecule has 0 radical (unpaired) electrons. The van der Waals surface area contributed by atoms with E-state index in [9.17, 15) is 134 Å². The predicted molar refractivity (Wildman–Crippen MR) is 183 cm³/mol. The summed E-state index contributed by atoms with van der Waals surface area (Å²) in [7, 11) is 0. The first-order valence-electron chi connectivity index (χ1n) is 16.5. The lowest BCUT2D eigenvalue weighted by atomic mass is 9.92. The number of thioether (sulfide) groups is 4. The molecule has 0 aliphatic carbocycles. The van der Waals surface area contributed by atoms with Crippen LogP contribution in [0.5, 0.6) is 0 Å². The van der Waals surface area contributed by atoms with Crippen molar-refractivity contribution in [3.8, 4) is 0 Å². The van der Waals surface area contributed by atoms with E-state index in [0.29, 0.717) is 23.5 Å². The molecular weight excluding hydrogens is 1160 g/mol. The van der Waals surface area contributed by atoms with Gasteiger partial charge in [0.1, 0.15) is 13.2 Å². The predicted octanol–water partition coefficient (Wildman–Crippen LogP) is 10.5. The largest absolute Gasteiger partial charge is 0.463 e. The van der Waals surface area contributed by atoms with E-state index in [1.165, 1.54) is 0 Å². The summed E-state index contributed by atoms with van der Waals surface area (Å²) >= 11 is 5.01. The van der Waals surface area contributed by atoms with Crippen LogP contribution in [-0.2, 0) is 19.1 Å². The topological polar surface area (TPSA) is 145 Å². The van der Waals surface area contributed by atoms with Gasteiger partial charge < -0.3 is 19.7 Å². The van der Waals surface area contributed by atoms with Crippen molar-refractivity contribution >= 4 is 81.7 Å². The fourth-order valence-corrected chi connectivity index (χ4v) is 10.4. The zero-order valence-corrected chi connectivity index (χ0v) is 36.6. The van der Waals surface area contributed by atoms with E-state index in [2.05, 4.69) is 29.9 Å². The molecule has 2 heterocycles. The number of carbonyl (C=O) groups is 2. The molecule has 2 atom stereocenters. The second kappa shape index (κ2) is 21.6. The second-order valence-corrected chi connectivity index (χ2v) is 20.0. The summed E-state index contributed by atoms with van der Waals surface area (Å²) in [6.45, 7) is -4.77. The van der Waals surface area contributed by atoms with Crippen molar-refractivity contribution in [2.75, 3.05) is 29.8 Å². The molecule has 2 rings (SSSR count). The molecule has 0 fully saturated rings. The summed E-state index contributed by atoms with van der Waals surface area (Å²) in [5.41, 5.74) is 0. The van der Waals surface area contributed by atoms with Crippen LogP contribution in [0.3, 0.4) is 0 Å². The molecule has 0 aliphatic rings. The number of rotatable bonds is 26. The van der Waals surface area contributed by atoms with Gasteiger partial charge in [-0.1, -0.05) is 69.7 Å². The number of aliphatic hydroxyl groups excluding tert-OH is 2. The minimum Gasteiger partial charge on any atom is -0.463 e. The molecule has 400 valence electrons. The Labute approximate surface area is 388 Å². The first kappa shape index (κ1) is 62.7. The molecule has 2 aromatic rings. The second-order valence-electron chi connectivity index (χ2n) is 12.5. The Morgan fingerprint density at radius 2 is 0.667 bits per heavy atom. The number of aliphatic hydroxyl groups is 2. The van der Waals surface area contributed by atoms with Crippen LogP contribution in [0.4, 0.5) is 114 Å². The first-order valence-corrected chi connectivity index (χ1v) is 22.1. The quantitative estimate of drug-likeness (QED) is 0.0399. The summed E-state index contributed by atoms with van der Waals surface area (Å²) in [4.78, 5) is 23.6. The van der Waals surface area contributed by atoms with Gasteiger partial charge in [0.25, 0.3) is 0 Å². The maximum absolute atomic E-state index is 14.0. The average Bonchev–Trinajstić information content (AvgIpc) is 3.86. The smallest absolute Gasteiger partial charge is 0.460 e. The molecule has 0 aliphatic heterocycles. The number of hydrogen-bond donors (Lipinski definition) is 2. The van der Waals surface area contributed by atoms with Crippen molar-refractivity contribution in [2.45, 2.75) is 114 Å². The molecule has 0 bridgehead atoms. The van der Waals surface area contributed by atoms with Crippen molar-refractivity contribution < 1.29 is 143 Å². The van der Waals surface area contributed by atoms with E-state index < -0.39 is 133 Å². The number of ether oxygens (including phenoxy) is 2. The van der Waals surface area contributed by atoms with Crippen molar-refractivity contribution in [2.24, 2.45) is 0 Å². The van der Waals surface area contributed by atoms with E-state index in [1.807, 2.05) is 0 Å². The minimum atomic E-state index is -8.21. The van der Waals surface area contributed by atoms with Crippen LogP contribution in [0, 0.1) is 0 Å². The highest BCUT2D eigenvalue weighted by Crippen LogP contribution is 2.62. The van der Waals surface area contributed by atoms with Crippen LogP contribution in [0.15, 0.2) is 17.4 Å². The highest BCUT2D eigenvalue weighted by atomic mass is 32.2. The Balaban J connectivity index is 1.81. The fourth-order valence-electron chi connectivity index (χ4n) is 3.88. The maximum Gasteiger partial charge on any atom is 0.460 e. The molecule has 69 heavy (non-hydrogen) atoms. The number of aromatic nitrogens is 4. The third-order valence-corrected chi connectivity index (χ3v) is 14.3. The molecule has 2 unspecified atom stereocenters. The lowest BCUT2D eigenvalue weighted by molar-refractivity contribution is -0.444. The number of hydrogen-bond acceptors (Lipinski definition) is 16. The monoisotopic (exact) mass is 1180 g/mol. The van der Waals surface area contributed by atoms with Gasteiger partial charge in [-0.3, -0.25) is 9.59 Å². The number of carbonyl (C=O) groups excluding carboxylic acids is 2. The highest BCUT2D eigenvalue weighted by Gasteiger charge is 2.93. The van der Waals surface area contributed by atoms with Crippen LogP contribution < -0.4 is 0 Å². The molecule has 2 aromatic heterocycles. The Morgan fingerprint density at radius 1 is 0.420 bits per heavy atom. The summed E-state index contributed by atoms with van der Waals surface area (Å²) < 4.78 is 353. The molecule has 2 N–H and O–H groups in total. The third-order valence-electron chi connectivity index (χ3n) is 7.76. The average molecular weight is 1180 g/mol. The minimum absolute atomic E-state index is 0.0769. The van der Waals surface area contributed by atoms with Gasteiger partial charge in [-0.05, 0) is 0 Å². The van der Waals surface area contributed by atoms with Gasteiger partial charge in [0.2, 0.25) is 0 Å². The first-order chi connectivity index (χ1) is 30.7. The van der Waals surface area contributed by atoms with Gasteiger partial charge in [-0.2, -0.15) is 114 Å². The standard InChI is InChI=1S/C27H18F26N4O6S6/c28-16(29,18(32,33)20(36,37)22(40,41)24(44,45)26(48,49)50)8(58)5-62-10(60)1-3-64-12-54-56-14(68-12)66-7-67-15-57-55-13(69-15)65-4-2-11(61)63-6-9(59)17(30,31)19(34,35)21(38,39)23(42,43)25(46,47)27(51,52)53/h8-9,58-59H,1-7H2. The number of esters is 2. The van der Waals surface area contributed by atoms with E-state index in [-0.39, 0.29) is 22.4 Å². The Kier molecular flexibility index (Phi) is 19.6. The van der Waals surface area contributed by atoms with Gasteiger partial charge in [-0.25, -0.2) is 0 Å². The van der Waals surface area contributed by atoms with Crippen molar-refractivity contribution in [1.29, 1.82) is 0 Å². The Morgan fingerprint density at radius 3 is 0.928 bits per heavy atom. The van der Waals surface area contributed by atoms with E-state index >= 15 is 0 Å². The normalized spacial score (nSPS) is 15.6. The van der Waals surface area contributed by atoms with Crippen molar-refractivity contribution in [1.82, 2.24) is 20.4 Å². The summed E-state index contributed by atoms with van der Waals surface area (Å²) in [6.07, 6.45) is -25.8. The van der Waals surface area contributed by atoms with Crippen molar-refractivity contribution in [3.05, 3.63) is 0 Å². The maximum atomic E-state index is 14.0. The highest BCUT2D eigenvalue weighted by molar-refractivity contribution is 8.17. The number of alkyl halides is 26. The summed E-state index contributed by atoms with van der Waals surface area (Å²) in [6, 6.07) is 0. The zero-order chi connectivity index (χ0) is 54.1. The molecule has 0 amide bonds. The van der Waals surface area contributed by atoms with E-state index in [1.54, 1.807) is 0 Å². The summed E-state index contributed by atoms with van der Waals surface area (Å²) in [5.74, 6) is -82.3. The number of nitrogens with zero attached hydrogens (tertiary/aromatic N) is 4. The van der Waals surface area contributed by atoms with Crippen molar-refractivity contribution in [3.63, 3.8) is 0 Å². The Hall–Kier alpha value is -2.44. The molecule has 0 aromatic carbocycles. The SMILES string of the molecule is O=C(CCSc1nnc(SCSc2nnc(SCCC(=O)OCC(O)C(F)(F)C(F)(F)C(F)(F)C(F)(F)C(F)(F)C(F)(F)F)s2)s1)OCC(O)C(F)(F)C(F)(F)C(F)(F)C(F)(F)C(F)(F)C(F)(F)F. The van der Waals surface area contributed by atoms with Crippen LogP contribution >= 0.6 is 69.7 Å². The lowest BCUT2D eigenvalue weighted by Gasteiger charge is -2.40. The zero-order valence-electron chi connectivity index (χ0n) is 31.7. The fraction of sp³-hybridized carbons (Fsp3) is 0.778. The van der Waals surface area contributed by atoms with Crippen LogP contribution in [0.1, 0.15) is 12.8 Å². The van der Waals surface area contributed by atoms with Crippen LogP contribution in [0.25, 0.3) is 0 Å².